The summed E-state index contributed by atoms with van der Waals surface area (Å²) in [6, 6.07) is 0. The average Bonchev–Trinajstić information content (AvgIpc) is 2.12. The Bertz CT molecular complexity index is 288. The summed E-state index contributed by atoms with van der Waals surface area (Å²) in [5.74, 6) is -0.434. The molecule has 0 aromatic carbocycles. The summed E-state index contributed by atoms with van der Waals surface area (Å²) in [7, 11) is -3.93. The largest absolute Gasteiger partial charge is 0.351 e. The van der Waals surface area contributed by atoms with Crippen molar-refractivity contribution in [1.29, 1.82) is 0 Å². The van der Waals surface area contributed by atoms with Gasteiger partial charge in [0.25, 0.3) is 10.1 Å². The van der Waals surface area contributed by atoms with E-state index in [2.05, 4.69) is 9.97 Å². The molecule has 2 N–H and O–H groups in total. The first-order valence-electron chi connectivity index (χ1n) is 2.51. The van der Waals surface area contributed by atoms with Crippen molar-refractivity contribution in [3.63, 3.8) is 0 Å². The van der Waals surface area contributed by atoms with Crippen molar-refractivity contribution in [2.24, 2.45) is 0 Å². The Morgan fingerprint density at radius 1 is 1.70 bits per heavy atom. The Morgan fingerprint density at radius 3 is 2.80 bits per heavy atom. The van der Waals surface area contributed by atoms with E-state index in [9.17, 15) is 8.42 Å². The SMILES string of the molecule is O=S(=O)(O)Cc1c[nH]cn1. The number of hydrogen-bond donors (Lipinski definition) is 2. The lowest BCUT2D eigenvalue weighted by atomic mass is 10.6. The van der Waals surface area contributed by atoms with Crippen LogP contribution in [0.3, 0.4) is 0 Å². The molecular weight excluding hydrogens is 156 g/mol. The first kappa shape index (κ1) is 7.23. The monoisotopic (exact) mass is 162 g/mol. The third kappa shape index (κ3) is 2.16. The minimum absolute atomic E-state index is 0.308. The summed E-state index contributed by atoms with van der Waals surface area (Å²) >= 11 is 0. The lowest BCUT2D eigenvalue weighted by Crippen LogP contribution is -2.01. The van der Waals surface area contributed by atoms with Gasteiger partial charge in [0.1, 0.15) is 5.75 Å². The molecule has 6 heteroatoms. The van der Waals surface area contributed by atoms with Crippen molar-refractivity contribution >= 4 is 10.1 Å². The fourth-order valence-corrected chi connectivity index (χ4v) is 1.09. The maximum Gasteiger partial charge on any atom is 0.270 e. The van der Waals surface area contributed by atoms with Crippen molar-refractivity contribution in [2.75, 3.05) is 0 Å². The highest BCUT2D eigenvalue weighted by Gasteiger charge is 2.06. The molecule has 0 saturated heterocycles. The number of hydrogen-bond acceptors (Lipinski definition) is 3. The van der Waals surface area contributed by atoms with Gasteiger partial charge in [-0.15, -0.1) is 0 Å². The van der Waals surface area contributed by atoms with Crippen molar-refractivity contribution in [1.82, 2.24) is 9.97 Å². The third-order valence-electron chi connectivity index (χ3n) is 0.885. The Balaban J connectivity index is 2.75. The zero-order valence-electron chi connectivity index (χ0n) is 4.98. The third-order valence-corrected chi connectivity index (χ3v) is 1.55. The van der Waals surface area contributed by atoms with Gasteiger partial charge >= 0.3 is 0 Å². The number of nitrogens with zero attached hydrogens (tertiary/aromatic N) is 1. The predicted molar refractivity (Wildman–Crippen MR) is 33.8 cm³/mol. The normalized spacial score (nSPS) is 11.7. The van der Waals surface area contributed by atoms with Crippen molar-refractivity contribution in [2.45, 2.75) is 5.75 Å². The molecule has 5 nitrogen and oxygen atoms in total. The zero-order chi connectivity index (χ0) is 7.61. The lowest BCUT2D eigenvalue weighted by Gasteiger charge is -1.88. The van der Waals surface area contributed by atoms with Gasteiger partial charge in [-0.2, -0.15) is 8.42 Å². The zero-order valence-corrected chi connectivity index (χ0v) is 5.80. The van der Waals surface area contributed by atoms with Crippen LogP contribution in [0.4, 0.5) is 0 Å². The summed E-state index contributed by atoms with van der Waals surface area (Å²) in [6.07, 6.45) is 2.76. The van der Waals surface area contributed by atoms with E-state index in [1.54, 1.807) is 0 Å². The summed E-state index contributed by atoms with van der Waals surface area (Å²) in [4.78, 5) is 6.17. The van der Waals surface area contributed by atoms with Crippen LogP contribution >= 0.6 is 0 Å². The van der Waals surface area contributed by atoms with Gasteiger partial charge in [-0.1, -0.05) is 0 Å². The van der Waals surface area contributed by atoms with Gasteiger partial charge in [-0.3, -0.25) is 4.55 Å². The Morgan fingerprint density at radius 2 is 2.40 bits per heavy atom. The van der Waals surface area contributed by atoms with Crippen LogP contribution in [0.5, 0.6) is 0 Å². The van der Waals surface area contributed by atoms with Crippen LogP contribution in [-0.4, -0.2) is 22.9 Å². The molecule has 0 aliphatic heterocycles. The molecule has 1 rings (SSSR count). The fourth-order valence-electron chi connectivity index (χ4n) is 0.557. The number of H-pyrrole nitrogens is 1. The molecule has 0 saturated carbocycles. The predicted octanol–water partition coefficient (Wildman–Crippen LogP) is -0.202. The van der Waals surface area contributed by atoms with Gasteiger partial charge in [0.15, 0.2) is 0 Å². The highest BCUT2D eigenvalue weighted by Crippen LogP contribution is 1.97. The van der Waals surface area contributed by atoms with E-state index >= 15 is 0 Å². The fraction of sp³-hybridized carbons (Fsp3) is 0.250. The van der Waals surface area contributed by atoms with Crippen LogP contribution in [0.15, 0.2) is 12.5 Å². The number of aromatic amines is 1. The molecule has 0 aliphatic rings. The second kappa shape index (κ2) is 2.39. The molecule has 0 radical (unpaired) electrons. The molecule has 1 aromatic rings. The number of nitrogens with one attached hydrogen (secondary N) is 1. The van der Waals surface area contributed by atoms with Gasteiger partial charge < -0.3 is 4.98 Å². The second-order valence-corrected chi connectivity index (χ2v) is 3.24. The first-order valence-corrected chi connectivity index (χ1v) is 4.12. The molecule has 0 unspecified atom stereocenters. The van der Waals surface area contributed by atoms with E-state index in [4.69, 9.17) is 4.55 Å². The molecule has 0 fully saturated rings. The van der Waals surface area contributed by atoms with E-state index in [1.165, 1.54) is 12.5 Å². The minimum Gasteiger partial charge on any atom is -0.351 e. The molecule has 0 spiro atoms. The summed E-state index contributed by atoms with van der Waals surface area (Å²) in [6.45, 7) is 0. The van der Waals surface area contributed by atoms with Gasteiger partial charge in [-0.25, -0.2) is 4.98 Å². The molecule has 56 valence electrons. The van der Waals surface area contributed by atoms with E-state index in [1.807, 2.05) is 0 Å². The topological polar surface area (TPSA) is 83.0 Å². The van der Waals surface area contributed by atoms with Crippen molar-refractivity contribution in [3.8, 4) is 0 Å². The number of rotatable bonds is 2. The Kier molecular flexibility index (Phi) is 1.73. The molecule has 0 aliphatic carbocycles. The quantitative estimate of drug-likeness (QED) is 0.590. The van der Waals surface area contributed by atoms with Gasteiger partial charge in [0.05, 0.1) is 12.0 Å². The summed E-state index contributed by atoms with van der Waals surface area (Å²) in [5.41, 5.74) is 0.308. The van der Waals surface area contributed by atoms with Crippen LogP contribution in [0.25, 0.3) is 0 Å². The van der Waals surface area contributed by atoms with E-state index in [0.717, 1.165) is 0 Å². The van der Waals surface area contributed by atoms with Gasteiger partial charge in [0, 0.05) is 6.20 Å². The molecule has 1 aromatic heterocycles. The first-order chi connectivity index (χ1) is 4.58. The highest BCUT2D eigenvalue weighted by atomic mass is 32.2. The Hall–Kier alpha value is -0.880. The van der Waals surface area contributed by atoms with E-state index in [-0.39, 0.29) is 0 Å². The molecule has 0 atom stereocenters. The van der Waals surface area contributed by atoms with Crippen LogP contribution < -0.4 is 0 Å². The second-order valence-electron chi connectivity index (χ2n) is 1.79. The average molecular weight is 162 g/mol. The smallest absolute Gasteiger partial charge is 0.270 e. The minimum atomic E-state index is -3.93. The van der Waals surface area contributed by atoms with E-state index in [0.29, 0.717) is 5.69 Å². The van der Waals surface area contributed by atoms with Gasteiger partial charge in [-0.05, 0) is 0 Å². The lowest BCUT2D eigenvalue weighted by molar-refractivity contribution is 0.481. The summed E-state index contributed by atoms with van der Waals surface area (Å²) in [5, 5.41) is 0. The standard InChI is InChI=1S/C4H6N2O3S/c7-10(8,9)2-4-1-5-3-6-4/h1,3H,2H2,(H,5,6)(H,7,8,9). The van der Waals surface area contributed by atoms with Gasteiger partial charge in [0.2, 0.25) is 0 Å². The highest BCUT2D eigenvalue weighted by molar-refractivity contribution is 7.84. The van der Waals surface area contributed by atoms with Crippen LogP contribution in [-0.2, 0) is 15.9 Å². The van der Waals surface area contributed by atoms with Crippen LogP contribution in [0.1, 0.15) is 5.69 Å². The maximum atomic E-state index is 10.2. The molecule has 1 heterocycles. The van der Waals surface area contributed by atoms with Crippen LogP contribution in [0, 0.1) is 0 Å². The number of aromatic nitrogens is 2. The number of imidazole rings is 1. The van der Waals surface area contributed by atoms with Crippen molar-refractivity contribution < 1.29 is 13.0 Å². The molecular formula is C4H6N2O3S. The molecule has 0 bridgehead atoms. The molecule has 0 amide bonds. The van der Waals surface area contributed by atoms with Crippen molar-refractivity contribution in [3.05, 3.63) is 18.2 Å². The van der Waals surface area contributed by atoms with E-state index < -0.39 is 15.9 Å². The van der Waals surface area contributed by atoms with Crippen LogP contribution in [0.2, 0.25) is 0 Å². The molecule has 10 heavy (non-hydrogen) atoms. The summed E-state index contributed by atoms with van der Waals surface area (Å²) < 4.78 is 28.7. The maximum absolute atomic E-state index is 10.2. The Labute approximate surface area is 57.9 Å².